The van der Waals surface area contributed by atoms with E-state index in [1.165, 1.54) is 23.6 Å². The van der Waals surface area contributed by atoms with Gasteiger partial charge in [0.05, 0.1) is 11.5 Å². The molecule has 1 N–H and O–H groups in total. The number of hydrogen-bond donors (Lipinski definition) is 1. The molecule has 0 bridgehead atoms. The Bertz CT molecular complexity index is 502. The number of rotatable bonds is 4. The second-order valence-corrected chi connectivity index (χ2v) is 4.27. The number of aliphatic hydroxyl groups is 1. The number of aliphatic hydroxyl groups excluding tert-OH is 1. The Hall–Kier alpha value is -1.53. The minimum absolute atomic E-state index is 0.107. The van der Waals surface area contributed by atoms with E-state index in [-0.39, 0.29) is 12.4 Å². The zero-order valence-corrected chi connectivity index (χ0v) is 9.45. The van der Waals surface area contributed by atoms with Gasteiger partial charge in [0.1, 0.15) is 10.8 Å². The van der Waals surface area contributed by atoms with Gasteiger partial charge in [0.2, 0.25) is 0 Å². The van der Waals surface area contributed by atoms with Crippen molar-refractivity contribution >= 4 is 11.3 Å². The number of ether oxygens (including phenoxy) is 1. The number of halogens is 2. The highest BCUT2D eigenvalue weighted by Gasteiger charge is 2.12. The number of alkyl halides is 2. The van der Waals surface area contributed by atoms with E-state index in [2.05, 4.69) is 9.72 Å². The maximum absolute atomic E-state index is 12.2. The van der Waals surface area contributed by atoms with Crippen LogP contribution >= 0.6 is 11.3 Å². The molecule has 2 aromatic rings. The summed E-state index contributed by atoms with van der Waals surface area (Å²) in [4.78, 5) is 4.64. The van der Waals surface area contributed by atoms with Gasteiger partial charge in [0, 0.05) is 11.8 Å². The van der Waals surface area contributed by atoms with E-state index in [0.717, 1.165) is 0 Å². The van der Waals surface area contributed by atoms with E-state index in [4.69, 9.17) is 5.11 Å². The first-order valence-electron chi connectivity index (χ1n) is 4.80. The molecule has 3 nitrogen and oxygen atoms in total. The van der Waals surface area contributed by atoms with E-state index in [1.807, 2.05) is 0 Å². The van der Waals surface area contributed by atoms with Gasteiger partial charge in [0.15, 0.2) is 0 Å². The fraction of sp³-hybridized carbons (Fsp3) is 0.182. The monoisotopic (exact) mass is 257 g/mol. The van der Waals surface area contributed by atoms with Crippen LogP contribution in [0.4, 0.5) is 8.78 Å². The van der Waals surface area contributed by atoms with Gasteiger partial charge in [-0.2, -0.15) is 8.78 Å². The molecule has 0 atom stereocenters. The van der Waals surface area contributed by atoms with Crippen molar-refractivity contribution in [2.45, 2.75) is 13.2 Å². The number of hydrogen-bond acceptors (Lipinski definition) is 4. The molecular formula is C11H9F2NO2S. The van der Waals surface area contributed by atoms with Crippen molar-refractivity contribution in [3.05, 3.63) is 35.5 Å². The second-order valence-electron chi connectivity index (χ2n) is 3.15. The molecule has 0 spiro atoms. The highest BCUT2D eigenvalue weighted by atomic mass is 32.1. The van der Waals surface area contributed by atoms with Crippen LogP contribution in [-0.2, 0) is 6.61 Å². The average molecular weight is 257 g/mol. The Morgan fingerprint density at radius 1 is 1.35 bits per heavy atom. The highest BCUT2D eigenvalue weighted by molar-refractivity contribution is 7.15. The predicted molar refractivity (Wildman–Crippen MR) is 60.1 cm³/mol. The van der Waals surface area contributed by atoms with Gasteiger partial charge in [-0.15, -0.1) is 11.3 Å². The smallest absolute Gasteiger partial charge is 0.387 e. The molecule has 2 rings (SSSR count). The van der Waals surface area contributed by atoms with Gasteiger partial charge in [-0.05, 0) is 12.1 Å². The molecule has 0 amide bonds. The molecule has 1 aromatic carbocycles. The van der Waals surface area contributed by atoms with Crippen molar-refractivity contribution in [2.24, 2.45) is 0 Å². The van der Waals surface area contributed by atoms with Crippen LogP contribution in [0.2, 0.25) is 0 Å². The molecule has 0 aliphatic heterocycles. The van der Waals surface area contributed by atoms with Crippen molar-refractivity contribution in [2.75, 3.05) is 0 Å². The van der Waals surface area contributed by atoms with Crippen LogP contribution in [0.1, 0.15) is 5.01 Å². The molecule has 0 aliphatic rings. The van der Waals surface area contributed by atoms with E-state index < -0.39 is 6.61 Å². The maximum atomic E-state index is 12.2. The van der Waals surface area contributed by atoms with E-state index >= 15 is 0 Å². The zero-order chi connectivity index (χ0) is 12.3. The molecule has 0 saturated carbocycles. The Balaban J connectivity index is 2.36. The number of para-hydroxylation sites is 1. The summed E-state index contributed by atoms with van der Waals surface area (Å²) in [7, 11) is 0. The lowest BCUT2D eigenvalue weighted by molar-refractivity contribution is -0.0494. The Morgan fingerprint density at radius 2 is 2.12 bits per heavy atom. The zero-order valence-electron chi connectivity index (χ0n) is 8.64. The third-order valence-electron chi connectivity index (χ3n) is 2.06. The lowest BCUT2D eigenvalue weighted by Gasteiger charge is -2.08. The lowest BCUT2D eigenvalue weighted by Crippen LogP contribution is -2.02. The Labute approximate surface area is 100 Å². The first kappa shape index (κ1) is 11.9. The first-order valence-corrected chi connectivity index (χ1v) is 5.62. The first-order chi connectivity index (χ1) is 8.20. The summed E-state index contributed by atoms with van der Waals surface area (Å²) in [6, 6.07) is 6.49. The van der Waals surface area contributed by atoms with Gasteiger partial charge < -0.3 is 9.84 Å². The second kappa shape index (κ2) is 5.20. The number of aromatic nitrogens is 1. The molecule has 0 unspecified atom stereocenters. The topological polar surface area (TPSA) is 42.4 Å². The van der Waals surface area contributed by atoms with Crippen LogP contribution in [0.15, 0.2) is 30.5 Å². The van der Waals surface area contributed by atoms with E-state index in [9.17, 15) is 8.78 Å². The lowest BCUT2D eigenvalue weighted by atomic mass is 10.2. The summed E-state index contributed by atoms with van der Waals surface area (Å²) < 4.78 is 28.9. The van der Waals surface area contributed by atoms with Gasteiger partial charge >= 0.3 is 6.61 Å². The number of thiazole rings is 1. The predicted octanol–water partition coefficient (Wildman–Crippen LogP) is 2.90. The summed E-state index contributed by atoms with van der Waals surface area (Å²) in [5.41, 5.74) is 0.546. The molecule has 0 fully saturated rings. The van der Waals surface area contributed by atoms with Crippen LogP contribution in [0, 0.1) is 0 Å². The molecule has 90 valence electrons. The summed E-state index contributed by atoms with van der Waals surface area (Å²) >= 11 is 1.24. The fourth-order valence-electron chi connectivity index (χ4n) is 1.38. The third-order valence-corrected chi connectivity index (χ3v) is 3.07. The van der Waals surface area contributed by atoms with Crippen molar-refractivity contribution in [1.82, 2.24) is 4.98 Å². The number of benzene rings is 1. The fourth-order valence-corrected chi connectivity index (χ4v) is 2.18. The van der Waals surface area contributed by atoms with Gasteiger partial charge in [-0.25, -0.2) is 4.98 Å². The molecular weight excluding hydrogens is 248 g/mol. The quantitative estimate of drug-likeness (QED) is 0.915. The summed E-state index contributed by atoms with van der Waals surface area (Å²) in [5.74, 6) is 0.107. The largest absolute Gasteiger partial charge is 0.434 e. The van der Waals surface area contributed by atoms with Gasteiger partial charge in [-0.1, -0.05) is 12.1 Å². The van der Waals surface area contributed by atoms with E-state index in [1.54, 1.807) is 18.2 Å². The van der Waals surface area contributed by atoms with Gasteiger partial charge in [0.25, 0.3) is 0 Å². The van der Waals surface area contributed by atoms with Crippen LogP contribution in [0.5, 0.6) is 5.75 Å². The Kier molecular flexibility index (Phi) is 3.65. The molecule has 1 aromatic heterocycles. The SMILES string of the molecule is OCc1ncc(-c2ccccc2OC(F)F)s1. The average Bonchev–Trinajstić information content (AvgIpc) is 2.77. The van der Waals surface area contributed by atoms with Crippen LogP contribution in [-0.4, -0.2) is 16.7 Å². The Morgan fingerprint density at radius 3 is 2.76 bits per heavy atom. The van der Waals surface area contributed by atoms with Gasteiger partial charge in [-0.3, -0.25) is 0 Å². The van der Waals surface area contributed by atoms with Crippen molar-refractivity contribution < 1.29 is 18.6 Å². The molecule has 1 heterocycles. The molecule has 0 aliphatic carbocycles. The molecule has 0 saturated heterocycles. The highest BCUT2D eigenvalue weighted by Crippen LogP contribution is 2.34. The molecule has 0 radical (unpaired) electrons. The number of nitrogens with zero attached hydrogens (tertiary/aromatic N) is 1. The summed E-state index contributed by atoms with van der Waals surface area (Å²) in [6.07, 6.45) is 1.53. The van der Waals surface area contributed by atoms with Crippen LogP contribution in [0.25, 0.3) is 10.4 Å². The third kappa shape index (κ3) is 2.78. The van der Waals surface area contributed by atoms with Crippen molar-refractivity contribution in [3.8, 4) is 16.2 Å². The standard InChI is InChI=1S/C11H9F2NO2S/c12-11(13)16-8-4-2-1-3-7(8)9-5-14-10(6-15)17-9/h1-5,11,15H,6H2. The van der Waals surface area contributed by atoms with E-state index in [0.29, 0.717) is 15.4 Å². The maximum Gasteiger partial charge on any atom is 0.387 e. The minimum atomic E-state index is -2.86. The van der Waals surface area contributed by atoms with Crippen LogP contribution < -0.4 is 4.74 Å². The van der Waals surface area contributed by atoms with Crippen molar-refractivity contribution in [3.63, 3.8) is 0 Å². The van der Waals surface area contributed by atoms with Crippen LogP contribution in [0.3, 0.4) is 0 Å². The summed E-state index contributed by atoms with van der Waals surface area (Å²) in [5, 5.41) is 9.44. The summed E-state index contributed by atoms with van der Waals surface area (Å²) in [6.45, 7) is -3.02. The normalized spacial score (nSPS) is 10.8. The molecule has 17 heavy (non-hydrogen) atoms. The molecule has 6 heteroatoms. The minimum Gasteiger partial charge on any atom is -0.434 e. The van der Waals surface area contributed by atoms with Crippen molar-refractivity contribution in [1.29, 1.82) is 0 Å².